The summed E-state index contributed by atoms with van der Waals surface area (Å²) in [6.45, 7) is 8.80. The molecule has 0 bridgehead atoms. The van der Waals surface area contributed by atoms with Crippen LogP contribution in [0.15, 0.2) is 0 Å². The first-order valence-electron chi connectivity index (χ1n) is 7.85. The average molecular weight is 286 g/mol. The van der Waals surface area contributed by atoms with Crippen LogP contribution in [-0.2, 0) is 19.1 Å². The van der Waals surface area contributed by atoms with Gasteiger partial charge in [-0.25, -0.2) is 9.59 Å². The molecule has 0 fully saturated rings. The summed E-state index contributed by atoms with van der Waals surface area (Å²) in [5, 5.41) is 0. The van der Waals surface area contributed by atoms with Crippen LogP contribution >= 0.6 is 0 Å². The molecule has 0 radical (unpaired) electrons. The fourth-order valence-corrected chi connectivity index (χ4v) is 2.27. The number of esters is 2. The topological polar surface area (TPSA) is 52.6 Å². The standard InChI is InChI=1S/C16H30O4/c1-5-7-8-9-13(3)12-14(4)10-11-20-16(18)15(17)19-6-2/h13-14H,5-12H2,1-4H3. The zero-order valence-electron chi connectivity index (χ0n) is 13.4. The monoisotopic (exact) mass is 286 g/mol. The van der Waals surface area contributed by atoms with E-state index >= 15 is 0 Å². The first-order valence-corrected chi connectivity index (χ1v) is 7.85. The van der Waals surface area contributed by atoms with Crippen molar-refractivity contribution in [2.75, 3.05) is 13.2 Å². The van der Waals surface area contributed by atoms with Crippen molar-refractivity contribution in [1.82, 2.24) is 0 Å². The van der Waals surface area contributed by atoms with Gasteiger partial charge >= 0.3 is 11.9 Å². The van der Waals surface area contributed by atoms with Gasteiger partial charge in [0, 0.05) is 0 Å². The lowest BCUT2D eigenvalue weighted by atomic mass is 9.91. The summed E-state index contributed by atoms with van der Waals surface area (Å²) in [6.07, 6.45) is 7.05. The molecule has 0 rings (SSSR count). The molecule has 118 valence electrons. The maximum Gasteiger partial charge on any atom is 0.417 e. The maximum absolute atomic E-state index is 11.2. The van der Waals surface area contributed by atoms with E-state index in [2.05, 4.69) is 25.5 Å². The summed E-state index contributed by atoms with van der Waals surface area (Å²) in [6, 6.07) is 0. The summed E-state index contributed by atoms with van der Waals surface area (Å²) < 4.78 is 9.46. The summed E-state index contributed by atoms with van der Waals surface area (Å²) in [5.74, 6) is -0.568. The molecule has 0 saturated carbocycles. The Morgan fingerprint density at radius 1 is 0.900 bits per heavy atom. The van der Waals surface area contributed by atoms with Crippen molar-refractivity contribution >= 4 is 11.9 Å². The summed E-state index contributed by atoms with van der Waals surface area (Å²) in [5.41, 5.74) is 0. The molecule has 0 N–H and O–H groups in total. The molecule has 0 aliphatic carbocycles. The van der Waals surface area contributed by atoms with Gasteiger partial charge in [-0.2, -0.15) is 0 Å². The van der Waals surface area contributed by atoms with Crippen LogP contribution in [0, 0.1) is 11.8 Å². The lowest BCUT2D eigenvalue weighted by Gasteiger charge is -2.17. The van der Waals surface area contributed by atoms with Crippen LogP contribution in [0.2, 0.25) is 0 Å². The molecular weight excluding hydrogens is 256 g/mol. The molecule has 0 aliphatic heterocycles. The van der Waals surface area contributed by atoms with Crippen molar-refractivity contribution in [1.29, 1.82) is 0 Å². The predicted molar refractivity (Wildman–Crippen MR) is 79.3 cm³/mol. The molecular formula is C16H30O4. The second-order valence-corrected chi connectivity index (χ2v) is 5.59. The molecule has 0 heterocycles. The third kappa shape index (κ3) is 9.82. The third-order valence-corrected chi connectivity index (χ3v) is 3.39. The first kappa shape index (κ1) is 18.9. The Morgan fingerprint density at radius 2 is 1.50 bits per heavy atom. The van der Waals surface area contributed by atoms with Crippen LogP contribution in [0.4, 0.5) is 0 Å². The molecule has 0 spiro atoms. The number of hydrogen-bond donors (Lipinski definition) is 0. The van der Waals surface area contributed by atoms with E-state index in [1.165, 1.54) is 25.7 Å². The average Bonchev–Trinajstić information content (AvgIpc) is 2.39. The van der Waals surface area contributed by atoms with Gasteiger partial charge in [-0.1, -0.05) is 46.5 Å². The number of hydrogen-bond acceptors (Lipinski definition) is 4. The lowest BCUT2D eigenvalue weighted by Crippen LogP contribution is -2.21. The molecule has 4 nitrogen and oxygen atoms in total. The Bertz CT molecular complexity index is 276. The Labute approximate surface area is 123 Å². The minimum Gasteiger partial charge on any atom is -0.458 e. The smallest absolute Gasteiger partial charge is 0.417 e. The van der Waals surface area contributed by atoms with Gasteiger partial charge in [-0.05, 0) is 31.6 Å². The minimum atomic E-state index is -0.895. The van der Waals surface area contributed by atoms with Crippen LogP contribution in [-0.4, -0.2) is 25.2 Å². The van der Waals surface area contributed by atoms with E-state index in [4.69, 9.17) is 4.74 Å². The number of rotatable bonds is 10. The molecule has 20 heavy (non-hydrogen) atoms. The van der Waals surface area contributed by atoms with Gasteiger partial charge in [0.1, 0.15) is 0 Å². The van der Waals surface area contributed by atoms with Crippen molar-refractivity contribution in [2.45, 2.75) is 66.2 Å². The van der Waals surface area contributed by atoms with Crippen molar-refractivity contribution in [3.8, 4) is 0 Å². The van der Waals surface area contributed by atoms with E-state index < -0.39 is 11.9 Å². The van der Waals surface area contributed by atoms with E-state index in [-0.39, 0.29) is 6.61 Å². The van der Waals surface area contributed by atoms with Crippen LogP contribution in [0.3, 0.4) is 0 Å². The van der Waals surface area contributed by atoms with Gasteiger partial charge in [-0.15, -0.1) is 0 Å². The molecule has 0 aromatic rings. The van der Waals surface area contributed by atoms with E-state index in [1.807, 2.05) is 0 Å². The second kappa shape index (κ2) is 11.7. The van der Waals surface area contributed by atoms with Crippen LogP contribution < -0.4 is 0 Å². The lowest BCUT2D eigenvalue weighted by molar-refractivity contribution is -0.167. The van der Waals surface area contributed by atoms with Crippen LogP contribution in [0.1, 0.15) is 66.2 Å². The van der Waals surface area contributed by atoms with Crippen molar-refractivity contribution in [3.63, 3.8) is 0 Å². The highest BCUT2D eigenvalue weighted by Crippen LogP contribution is 2.20. The first-order chi connectivity index (χ1) is 9.51. The Hall–Kier alpha value is -1.06. The number of unbranched alkanes of at least 4 members (excludes halogenated alkanes) is 2. The molecule has 0 aromatic heterocycles. The molecule has 0 saturated heterocycles. The van der Waals surface area contributed by atoms with E-state index in [1.54, 1.807) is 6.92 Å². The van der Waals surface area contributed by atoms with Crippen molar-refractivity contribution < 1.29 is 19.1 Å². The quantitative estimate of drug-likeness (QED) is 0.349. The van der Waals surface area contributed by atoms with Gasteiger partial charge in [0.15, 0.2) is 0 Å². The summed E-state index contributed by atoms with van der Waals surface area (Å²) >= 11 is 0. The summed E-state index contributed by atoms with van der Waals surface area (Å²) in [7, 11) is 0. The largest absolute Gasteiger partial charge is 0.458 e. The van der Waals surface area contributed by atoms with E-state index in [9.17, 15) is 9.59 Å². The zero-order chi connectivity index (χ0) is 15.4. The summed E-state index contributed by atoms with van der Waals surface area (Å²) in [4.78, 5) is 22.3. The highest BCUT2D eigenvalue weighted by atomic mass is 16.6. The van der Waals surface area contributed by atoms with E-state index in [0.29, 0.717) is 18.4 Å². The number of carbonyl (C=O) groups excluding carboxylic acids is 2. The third-order valence-electron chi connectivity index (χ3n) is 3.39. The van der Waals surface area contributed by atoms with Gasteiger partial charge in [0.05, 0.1) is 13.2 Å². The predicted octanol–water partition coefficient (Wildman–Crippen LogP) is 3.73. The van der Waals surface area contributed by atoms with Crippen molar-refractivity contribution in [2.24, 2.45) is 11.8 Å². The van der Waals surface area contributed by atoms with Gasteiger partial charge in [-0.3, -0.25) is 0 Å². The van der Waals surface area contributed by atoms with Gasteiger partial charge in [0.25, 0.3) is 0 Å². The molecule has 0 aliphatic rings. The highest BCUT2D eigenvalue weighted by molar-refractivity contribution is 6.29. The molecule has 0 amide bonds. The second-order valence-electron chi connectivity index (χ2n) is 5.59. The molecule has 2 unspecified atom stereocenters. The number of ether oxygens (including phenoxy) is 2. The van der Waals surface area contributed by atoms with Crippen LogP contribution in [0.5, 0.6) is 0 Å². The fourth-order valence-electron chi connectivity index (χ4n) is 2.27. The van der Waals surface area contributed by atoms with Gasteiger partial charge in [0.2, 0.25) is 0 Å². The highest BCUT2D eigenvalue weighted by Gasteiger charge is 2.17. The fraction of sp³-hybridized carbons (Fsp3) is 0.875. The van der Waals surface area contributed by atoms with Crippen molar-refractivity contribution in [3.05, 3.63) is 0 Å². The maximum atomic E-state index is 11.2. The number of carbonyl (C=O) groups is 2. The molecule has 0 aromatic carbocycles. The zero-order valence-corrected chi connectivity index (χ0v) is 13.4. The SMILES string of the molecule is CCCCCC(C)CC(C)CCOC(=O)C(=O)OCC. The Kier molecular flexibility index (Phi) is 11.1. The molecule has 2 atom stereocenters. The Balaban J connectivity index is 3.69. The van der Waals surface area contributed by atoms with E-state index in [0.717, 1.165) is 12.8 Å². The van der Waals surface area contributed by atoms with Crippen LogP contribution in [0.25, 0.3) is 0 Å². The van der Waals surface area contributed by atoms with Gasteiger partial charge < -0.3 is 9.47 Å². The Morgan fingerprint density at radius 3 is 2.10 bits per heavy atom. The normalized spacial score (nSPS) is 13.6. The minimum absolute atomic E-state index is 0.194. The molecule has 4 heteroatoms.